The predicted octanol–water partition coefficient (Wildman–Crippen LogP) is 3.14. The third kappa shape index (κ3) is 3.08. The molecule has 0 spiro atoms. The van der Waals surface area contributed by atoms with E-state index < -0.39 is 0 Å². The molecule has 0 aliphatic carbocycles. The molecule has 0 aliphatic rings. The smallest absolute Gasteiger partial charge is 0.0745 e. The lowest BCUT2D eigenvalue weighted by Crippen LogP contribution is -2.14. The standard InChI is InChI=1S/C15H17NO/c1-12-7-9-14(10-8-12)16-15(11-17)13-5-3-2-4-6-13/h2-10,15-17H,11H2,1H3/t15-/m0/s1. The Kier molecular flexibility index (Phi) is 3.78. The topological polar surface area (TPSA) is 32.3 Å². The molecule has 1 atom stereocenters. The average molecular weight is 227 g/mol. The zero-order chi connectivity index (χ0) is 12.1. The molecule has 2 heteroatoms. The second kappa shape index (κ2) is 5.51. The van der Waals surface area contributed by atoms with Crippen LogP contribution in [-0.2, 0) is 0 Å². The van der Waals surface area contributed by atoms with Crippen molar-refractivity contribution in [3.63, 3.8) is 0 Å². The molecule has 2 rings (SSSR count). The molecule has 0 heterocycles. The van der Waals surface area contributed by atoms with Crippen molar-refractivity contribution in [2.45, 2.75) is 13.0 Å². The maximum atomic E-state index is 9.43. The van der Waals surface area contributed by atoms with Crippen LogP contribution in [-0.4, -0.2) is 11.7 Å². The van der Waals surface area contributed by atoms with Crippen LogP contribution >= 0.6 is 0 Å². The van der Waals surface area contributed by atoms with Crippen molar-refractivity contribution >= 4 is 5.69 Å². The molecule has 2 N–H and O–H groups in total. The zero-order valence-corrected chi connectivity index (χ0v) is 9.93. The highest BCUT2D eigenvalue weighted by molar-refractivity contribution is 5.46. The maximum Gasteiger partial charge on any atom is 0.0745 e. The fourth-order valence-corrected chi connectivity index (χ4v) is 1.77. The van der Waals surface area contributed by atoms with E-state index in [1.165, 1.54) is 5.56 Å². The third-order valence-corrected chi connectivity index (χ3v) is 2.78. The predicted molar refractivity (Wildman–Crippen MR) is 71.1 cm³/mol. The number of aliphatic hydroxyl groups is 1. The summed E-state index contributed by atoms with van der Waals surface area (Å²) in [5.74, 6) is 0. The molecular weight excluding hydrogens is 210 g/mol. The first kappa shape index (κ1) is 11.7. The molecule has 0 amide bonds. The Balaban J connectivity index is 2.13. The van der Waals surface area contributed by atoms with Crippen molar-refractivity contribution in [1.29, 1.82) is 0 Å². The number of rotatable bonds is 4. The van der Waals surface area contributed by atoms with Crippen molar-refractivity contribution in [3.8, 4) is 0 Å². The minimum Gasteiger partial charge on any atom is -0.394 e. The second-order valence-corrected chi connectivity index (χ2v) is 4.16. The minimum atomic E-state index is -0.0566. The van der Waals surface area contributed by atoms with E-state index in [4.69, 9.17) is 0 Å². The van der Waals surface area contributed by atoms with Crippen molar-refractivity contribution < 1.29 is 5.11 Å². The molecule has 2 aromatic carbocycles. The SMILES string of the molecule is Cc1ccc(N[C@@H](CO)c2ccccc2)cc1. The lowest BCUT2D eigenvalue weighted by molar-refractivity contribution is 0.276. The normalized spacial score (nSPS) is 12.1. The summed E-state index contributed by atoms with van der Waals surface area (Å²) < 4.78 is 0. The summed E-state index contributed by atoms with van der Waals surface area (Å²) in [6.07, 6.45) is 0. The zero-order valence-electron chi connectivity index (χ0n) is 9.93. The van der Waals surface area contributed by atoms with Gasteiger partial charge in [0, 0.05) is 5.69 Å². The number of hydrogen-bond donors (Lipinski definition) is 2. The number of nitrogens with one attached hydrogen (secondary N) is 1. The van der Waals surface area contributed by atoms with Gasteiger partial charge in [0.2, 0.25) is 0 Å². The highest BCUT2D eigenvalue weighted by Gasteiger charge is 2.08. The van der Waals surface area contributed by atoms with Crippen LogP contribution < -0.4 is 5.32 Å². The molecule has 17 heavy (non-hydrogen) atoms. The monoisotopic (exact) mass is 227 g/mol. The summed E-state index contributed by atoms with van der Waals surface area (Å²) >= 11 is 0. The van der Waals surface area contributed by atoms with Gasteiger partial charge in [-0.15, -0.1) is 0 Å². The number of hydrogen-bond acceptors (Lipinski definition) is 2. The summed E-state index contributed by atoms with van der Waals surface area (Å²) in [6.45, 7) is 2.14. The number of aliphatic hydroxyl groups excluding tert-OH is 1. The van der Waals surface area contributed by atoms with Gasteiger partial charge in [-0.25, -0.2) is 0 Å². The quantitative estimate of drug-likeness (QED) is 0.841. The lowest BCUT2D eigenvalue weighted by Gasteiger charge is -2.18. The van der Waals surface area contributed by atoms with Gasteiger partial charge in [0.15, 0.2) is 0 Å². The number of benzene rings is 2. The molecule has 0 bridgehead atoms. The highest BCUT2D eigenvalue weighted by Crippen LogP contribution is 2.19. The molecule has 0 saturated carbocycles. The first-order valence-corrected chi connectivity index (χ1v) is 5.78. The highest BCUT2D eigenvalue weighted by atomic mass is 16.3. The van der Waals surface area contributed by atoms with Crippen molar-refractivity contribution in [2.24, 2.45) is 0 Å². The summed E-state index contributed by atoms with van der Waals surface area (Å²) in [7, 11) is 0. The van der Waals surface area contributed by atoms with Crippen LogP contribution in [0, 0.1) is 6.92 Å². The van der Waals surface area contributed by atoms with Crippen LogP contribution in [0.1, 0.15) is 17.2 Å². The Morgan fingerprint density at radius 1 is 1.00 bits per heavy atom. The van der Waals surface area contributed by atoms with E-state index in [0.29, 0.717) is 0 Å². The van der Waals surface area contributed by atoms with Gasteiger partial charge in [-0.05, 0) is 24.6 Å². The van der Waals surface area contributed by atoms with Crippen LogP contribution in [0.3, 0.4) is 0 Å². The average Bonchev–Trinajstić information content (AvgIpc) is 2.39. The molecule has 2 nitrogen and oxygen atoms in total. The summed E-state index contributed by atoms with van der Waals surface area (Å²) in [4.78, 5) is 0. The minimum absolute atomic E-state index is 0.0566. The van der Waals surface area contributed by atoms with E-state index in [0.717, 1.165) is 11.3 Å². The first-order valence-electron chi connectivity index (χ1n) is 5.78. The van der Waals surface area contributed by atoms with Crippen LogP contribution in [0.5, 0.6) is 0 Å². The van der Waals surface area contributed by atoms with Crippen molar-refractivity contribution in [3.05, 3.63) is 65.7 Å². The van der Waals surface area contributed by atoms with Gasteiger partial charge in [-0.1, -0.05) is 48.0 Å². The van der Waals surface area contributed by atoms with E-state index in [-0.39, 0.29) is 12.6 Å². The van der Waals surface area contributed by atoms with Gasteiger partial charge in [0.05, 0.1) is 12.6 Å². The van der Waals surface area contributed by atoms with Gasteiger partial charge in [-0.2, -0.15) is 0 Å². The Labute approximate surface area is 102 Å². The van der Waals surface area contributed by atoms with E-state index in [1.807, 2.05) is 42.5 Å². The second-order valence-electron chi connectivity index (χ2n) is 4.16. The van der Waals surface area contributed by atoms with E-state index in [9.17, 15) is 5.11 Å². The van der Waals surface area contributed by atoms with E-state index in [2.05, 4.69) is 24.4 Å². The Bertz CT molecular complexity index is 450. The molecule has 0 unspecified atom stereocenters. The van der Waals surface area contributed by atoms with Gasteiger partial charge >= 0.3 is 0 Å². The molecule has 88 valence electrons. The summed E-state index contributed by atoms with van der Waals surface area (Å²) in [5.41, 5.74) is 3.35. The Morgan fingerprint density at radius 3 is 2.24 bits per heavy atom. The number of aryl methyl sites for hydroxylation is 1. The van der Waals surface area contributed by atoms with Crippen LogP contribution in [0.15, 0.2) is 54.6 Å². The van der Waals surface area contributed by atoms with Gasteiger partial charge in [-0.3, -0.25) is 0 Å². The molecule has 0 aromatic heterocycles. The lowest BCUT2D eigenvalue weighted by atomic mass is 10.1. The molecule has 0 saturated heterocycles. The molecule has 0 radical (unpaired) electrons. The van der Waals surface area contributed by atoms with Crippen LogP contribution in [0.4, 0.5) is 5.69 Å². The van der Waals surface area contributed by atoms with E-state index in [1.54, 1.807) is 0 Å². The largest absolute Gasteiger partial charge is 0.394 e. The fourth-order valence-electron chi connectivity index (χ4n) is 1.77. The van der Waals surface area contributed by atoms with Gasteiger partial charge in [0.25, 0.3) is 0 Å². The van der Waals surface area contributed by atoms with Crippen LogP contribution in [0.25, 0.3) is 0 Å². The Morgan fingerprint density at radius 2 is 1.65 bits per heavy atom. The van der Waals surface area contributed by atoms with Crippen molar-refractivity contribution in [1.82, 2.24) is 0 Å². The molecular formula is C15H17NO. The van der Waals surface area contributed by atoms with Crippen molar-refractivity contribution in [2.75, 3.05) is 11.9 Å². The van der Waals surface area contributed by atoms with Gasteiger partial charge < -0.3 is 10.4 Å². The fraction of sp³-hybridized carbons (Fsp3) is 0.200. The summed E-state index contributed by atoms with van der Waals surface area (Å²) in [6, 6.07) is 18.1. The maximum absolute atomic E-state index is 9.43. The van der Waals surface area contributed by atoms with Gasteiger partial charge in [0.1, 0.15) is 0 Å². The number of anilines is 1. The molecule has 2 aromatic rings. The Hall–Kier alpha value is -1.80. The van der Waals surface area contributed by atoms with E-state index >= 15 is 0 Å². The first-order chi connectivity index (χ1) is 8.29. The molecule has 0 aliphatic heterocycles. The van der Waals surface area contributed by atoms with Crippen LogP contribution in [0.2, 0.25) is 0 Å². The molecule has 0 fully saturated rings. The summed E-state index contributed by atoms with van der Waals surface area (Å²) in [5, 5.41) is 12.8. The third-order valence-electron chi connectivity index (χ3n) is 2.78.